The molecule has 9 heteroatoms. The van der Waals surface area contributed by atoms with Gasteiger partial charge in [0.05, 0.1) is 40.6 Å². The average molecular weight is 363 g/mol. The molecule has 0 spiro atoms. The van der Waals surface area contributed by atoms with E-state index in [1.165, 1.54) is 0 Å². The van der Waals surface area contributed by atoms with Crippen molar-refractivity contribution in [2.24, 2.45) is 0 Å². The van der Waals surface area contributed by atoms with Crippen molar-refractivity contribution >= 4 is 34.1 Å². The molecule has 0 aliphatic carbocycles. The molecule has 0 saturated carbocycles. The molecule has 0 atom stereocenters. The molecule has 4 aromatic rings. The number of hydrogen-bond donors (Lipinski definition) is 3. The van der Waals surface area contributed by atoms with Gasteiger partial charge in [0, 0.05) is 22.7 Å². The lowest BCUT2D eigenvalue weighted by atomic mass is 10.0. The van der Waals surface area contributed by atoms with Crippen LogP contribution in [0.15, 0.2) is 30.9 Å². The molecule has 0 amide bonds. The monoisotopic (exact) mass is 362 g/mol. The number of H-pyrrole nitrogens is 2. The topological polar surface area (TPSA) is 95.4 Å². The molecule has 0 bridgehead atoms. The van der Waals surface area contributed by atoms with Crippen molar-refractivity contribution in [3.63, 3.8) is 0 Å². The van der Waals surface area contributed by atoms with Gasteiger partial charge in [-0.3, -0.25) is 5.10 Å². The van der Waals surface area contributed by atoms with Gasteiger partial charge >= 0.3 is 0 Å². The third kappa shape index (κ3) is 2.37. The van der Waals surface area contributed by atoms with Crippen LogP contribution in [0.5, 0.6) is 0 Å². The van der Waals surface area contributed by atoms with E-state index in [1.807, 2.05) is 6.07 Å². The van der Waals surface area contributed by atoms with Gasteiger partial charge in [-0.15, -0.1) is 5.10 Å². The molecule has 1 aromatic carbocycles. The minimum atomic E-state index is -0.00841. The van der Waals surface area contributed by atoms with Gasteiger partial charge in [-0.2, -0.15) is 5.10 Å². The fourth-order valence-electron chi connectivity index (χ4n) is 2.68. The summed E-state index contributed by atoms with van der Waals surface area (Å²) < 4.78 is 1.58. The zero-order valence-electron chi connectivity index (χ0n) is 12.3. The van der Waals surface area contributed by atoms with E-state index < -0.39 is 0 Å². The lowest BCUT2D eigenvalue weighted by Gasteiger charge is -2.00. The molecule has 24 heavy (non-hydrogen) atoms. The van der Waals surface area contributed by atoms with Crippen LogP contribution in [0.1, 0.15) is 0 Å². The van der Waals surface area contributed by atoms with Crippen LogP contribution in [-0.2, 0) is 6.54 Å². The number of nitrogens with one attached hydrogen (secondary N) is 2. The molecule has 7 nitrogen and oxygen atoms in total. The van der Waals surface area contributed by atoms with Crippen LogP contribution in [0.3, 0.4) is 0 Å². The minimum Gasteiger partial charge on any atom is -0.394 e. The summed E-state index contributed by atoms with van der Waals surface area (Å²) in [5.41, 5.74) is 3.20. The maximum absolute atomic E-state index is 9.04. The number of nitrogens with zero attached hydrogens (tertiary/aromatic N) is 4. The maximum Gasteiger partial charge on any atom is 0.198 e. The molecule has 3 N–H and O–H groups in total. The first-order valence-electron chi connectivity index (χ1n) is 7.18. The van der Waals surface area contributed by atoms with Gasteiger partial charge in [0.15, 0.2) is 5.82 Å². The highest BCUT2D eigenvalue weighted by Crippen LogP contribution is 2.41. The molecule has 0 aliphatic rings. The first-order chi connectivity index (χ1) is 11.7. The van der Waals surface area contributed by atoms with Crippen molar-refractivity contribution < 1.29 is 5.11 Å². The number of aromatic amines is 2. The Balaban J connectivity index is 1.99. The zero-order chi connectivity index (χ0) is 16.7. The Labute approximate surface area is 146 Å². The number of rotatable bonds is 4. The van der Waals surface area contributed by atoms with E-state index in [9.17, 15) is 0 Å². The lowest BCUT2D eigenvalue weighted by Crippen LogP contribution is -2.02. The predicted octanol–water partition coefficient (Wildman–Crippen LogP) is 3.12. The summed E-state index contributed by atoms with van der Waals surface area (Å²) in [6.07, 6.45) is 5.09. The Kier molecular flexibility index (Phi) is 3.76. The normalized spacial score (nSPS) is 11.5. The second-order valence-electron chi connectivity index (χ2n) is 5.20. The van der Waals surface area contributed by atoms with Gasteiger partial charge in [-0.25, -0.2) is 9.67 Å². The number of aliphatic hydroxyl groups is 1. The molecular weight excluding hydrogens is 351 g/mol. The molecule has 4 rings (SSSR count). The Morgan fingerprint density at radius 2 is 2.12 bits per heavy atom. The third-order valence-corrected chi connectivity index (χ3v) is 4.54. The van der Waals surface area contributed by atoms with Crippen LogP contribution in [0.2, 0.25) is 10.0 Å². The Morgan fingerprint density at radius 3 is 2.88 bits per heavy atom. The summed E-state index contributed by atoms with van der Waals surface area (Å²) >= 11 is 12.5. The summed E-state index contributed by atoms with van der Waals surface area (Å²) in [6, 6.07) is 3.65. The number of fused-ring (bicyclic) bond motifs is 1. The standard InChI is InChI=1S/C15H12Cl2N6O/c16-10-2-1-9-11(8-5-19-20-6-8)14(21-13(9)12(10)17)15-18-7-23(22-15)3-4-24/h1-2,5-7,21,24H,3-4H2,(H,19,20). The SMILES string of the molecule is OCCn1cnc(-c2[nH]c3c(Cl)c(Cl)ccc3c2-c2cn[nH]c2)n1. The van der Waals surface area contributed by atoms with E-state index in [-0.39, 0.29) is 6.61 Å². The first-order valence-corrected chi connectivity index (χ1v) is 7.94. The molecule has 0 fully saturated rings. The van der Waals surface area contributed by atoms with Crippen molar-refractivity contribution in [2.75, 3.05) is 6.61 Å². The molecule has 3 heterocycles. The van der Waals surface area contributed by atoms with E-state index in [0.717, 1.165) is 16.5 Å². The van der Waals surface area contributed by atoms with E-state index >= 15 is 0 Å². The number of benzene rings is 1. The van der Waals surface area contributed by atoms with Crippen LogP contribution in [0, 0.1) is 0 Å². The van der Waals surface area contributed by atoms with Gasteiger partial charge < -0.3 is 10.1 Å². The third-order valence-electron chi connectivity index (χ3n) is 3.74. The highest BCUT2D eigenvalue weighted by Gasteiger charge is 2.21. The van der Waals surface area contributed by atoms with Crippen molar-refractivity contribution in [3.05, 3.63) is 40.9 Å². The van der Waals surface area contributed by atoms with Gasteiger partial charge in [-0.1, -0.05) is 29.3 Å². The molecule has 3 aromatic heterocycles. The highest BCUT2D eigenvalue weighted by molar-refractivity contribution is 6.45. The minimum absolute atomic E-state index is 0.00841. The fraction of sp³-hybridized carbons (Fsp3) is 0.133. The highest BCUT2D eigenvalue weighted by atomic mass is 35.5. The molecule has 0 radical (unpaired) electrons. The zero-order valence-corrected chi connectivity index (χ0v) is 13.8. The van der Waals surface area contributed by atoms with E-state index in [4.69, 9.17) is 28.3 Å². The fourth-order valence-corrected chi connectivity index (χ4v) is 3.05. The Bertz CT molecular complexity index is 1000. The second kappa shape index (κ2) is 5.94. The van der Waals surface area contributed by atoms with Gasteiger partial charge in [-0.05, 0) is 6.07 Å². The van der Waals surface area contributed by atoms with E-state index in [0.29, 0.717) is 33.6 Å². The van der Waals surface area contributed by atoms with Crippen molar-refractivity contribution in [1.29, 1.82) is 0 Å². The van der Waals surface area contributed by atoms with Crippen molar-refractivity contribution in [1.82, 2.24) is 29.9 Å². The molecule has 0 saturated heterocycles. The molecule has 0 unspecified atom stereocenters. The van der Waals surface area contributed by atoms with Crippen molar-refractivity contribution in [2.45, 2.75) is 6.54 Å². The van der Waals surface area contributed by atoms with Crippen LogP contribution < -0.4 is 0 Å². The Hall–Kier alpha value is -2.35. The van der Waals surface area contributed by atoms with Crippen molar-refractivity contribution in [3.8, 4) is 22.6 Å². The summed E-state index contributed by atoms with van der Waals surface area (Å²) in [7, 11) is 0. The summed E-state index contributed by atoms with van der Waals surface area (Å²) in [6.45, 7) is 0.367. The van der Waals surface area contributed by atoms with Crippen LogP contribution in [-0.4, -0.2) is 41.7 Å². The number of aromatic nitrogens is 6. The average Bonchev–Trinajstić information content (AvgIpc) is 3.29. The largest absolute Gasteiger partial charge is 0.394 e. The molecule has 122 valence electrons. The van der Waals surface area contributed by atoms with E-state index in [1.54, 1.807) is 29.5 Å². The second-order valence-corrected chi connectivity index (χ2v) is 5.99. The summed E-state index contributed by atoms with van der Waals surface area (Å²) in [4.78, 5) is 7.60. The van der Waals surface area contributed by atoms with Crippen LogP contribution >= 0.6 is 23.2 Å². The number of aliphatic hydroxyl groups excluding tert-OH is 1. The van der Waals surface area contributed by atoms with E-state index in [2.05, 4.69) is 25.3 Å². The maximum atomic E-state index is 9.04. The number of halogens is 2. The predicted molar refractivity (Wildman–Crippen MR) is 92.0 cm³/mol. The van der Waals surface area contributed by atoms with Gasteiger partial charge in [0.2, 0.25) is 0 Å². The van der Waals surface area contributed by atoms with Gasteiger partial charge in [0.1, 0.15) is 6.33 Å². The molecule has 0 aliphatic heterocycles. The van der Waals surface area contributed by atoms with Crippen LogP contribution in [0.4, 0.5) is 0 Å². The summed E-state index contributed by atoms with van der Waals surface area (Å²) in [5, 5.41) is 22.1. The quantitative estimate of drug-likeness (QED) is 0.519. The first kappa shape index (κ1) is 15.2. The smallest absolute Gasteiger partial charge is 0.198 e. The molecular formula is C15H12Cl2N6O. The Morgan fingerprint density at radius 1 is 1.25 bits per heavy atom. The number of hydrogen-bond acceptors (Lipinski definition) is 4. The lowest BCUT2D eigenvalue weighted by molar-refractivity contribution is 0.269. The van der Waals surface area contributed by atoms with Crippen LogP contribution in [0.25, 0.3) is 33.5 Å². The summed E-state index contributed by atoms with van der Waals surface area (Å²) in [5.74, 6) is 0.503. The van der Waals surface area contributed by atoms with Gasteiger partial charge in [0.25, 0.3) is 0 Å².